The third-order valence-electron chi connectivity index (χ3n) is 3.50. The molecule has 0 aromatic heterocycles. The van der Waals surface area contributed by atoms with Crippen molar-refractivity contribution in [3.8, 4) is 11.5 Å². The van der Waals surface area contributed by atoms with Crippen molar-refractivity contribution in [2.75, 3.05) is 19.0 Å². The molecule has 4 heteroatoms. The van der Waals surface area contributed by atoms with Crippen LogP contribution in [0, 0.1) is 13.8 Å². The van der Waals surface area contributed by atoms with Crippen LogP contribution in [-0.4, -0.2) is 13.7 Å². The van der Waals surface area contributed by atoms with Gasteiger partial charge in [-0.05, 0) is 43.2 Å². The Bertz CT molecular complexity index is 698. The van der Waals surface area contributed by atoms with Gasteiger partial charge < -0.3 is 14.8 Å². The number of methoxy groups -OCH3 is 1. The Kier molecular flexibility index (Phi) is 5.94. The summed E-state index contributed by atoms with van der Waals surface area (Å²) < 4.78 is 10.9. The Labute approximate surface area is 142 Å². The molecule has 0 spiro atoms. The zero-order valence-corrected chi connectivity index (χ0v) is 14.5. The molecule has 0 aliphatic rings. The van der Waals surface area contributed by atoms with Gasteiger partial charge in [-0.15, -0.1) is 0 Å². The topological polar surface area (TPSA) is 30.5 Å². The van der Waals surface area contributed by atoms with Gasteiger partial charge in [0.15, 0.2) is 11.5 Å². The zero-order chi connectivity index (χ0) is 16.8. The van der Waals surface area contributed by atoms with Crippen molar-refractivity contribution < 1.29 is 9.47 Å². The summed E-state index contributed by atoms with van der Waals surface area (Å²) in [4.78, 5) is 0. The average molecular weight is 332 g/mol. The van der Waals surface area contributed by atoms with Crippen LogP contribution < -0.4 is 14.8 Å². The minimum Gasteiger partial charge on any atom is -0.493 e. The van der Waals surface area contributed by atoms with E-state index in [1.807, 2.05) is 12.1 Å². The summed E-state index contributed by atoms with van der Waals surface area (Å²) in [6, 6.07) is 10.2. The molecule has 23 heavy (non-hydrogen) atoms. The Morgan fingerprint density at radius 1 is 1.22 bits per heavy atom. The number of rotatable bonds is 7. The molecule has 0 heterocycles. The highest BCUT2D eigenvalue weighted by atomic mass is 35.5. The number of benzene rings is 2. The van der Waals surface area contributed by atoms with Crippen molar-refractivity contribution in [3.05, 3.63) is 64.7 Å². The van der Waals surface area contributed by atoms with Crippen molar-refractivity contribution in [2.45, 2.75) is 20.4 Å². The second-order valence-corrected chi connectivity index (χ2v) is 5.79. The minimum atomic E-state index is 0.385. The van der Waals surface area contributed by atoms with Gasteiger partial charge in [0.1, 0.15) is 6.61 Å². The van der Waals surface area contributed by atoms with E-state index in [0.717, 1.165) is 11.3 Å². The fraction of sp³-hybridized carbons (Fsp3) is 0.263. The number of hydrogen-bond donors (Lipinski definition) is 1. The molecule has 2 aromatic rings. The smallest absolute Gasteiger partial charge is 0.180 e. The normalized spacial score (nSPS) is 10.3. The number of halogens is 1. The van der Waals surface area contributed by atoms with Crippen LogP contribution in [-0.2, 0) is 6.54 Å². The quantitative estimate of drug-likeness (QED) is 0.712. The third-order valence-corrected chi connectivity index (χ3v) is 3.78. The van der Waals surface area contributed by atoms with Crippen LogP contribution in [0.5, 0.6) is 11.5 Å². The molecular weight excluding hydrogens is 310 g/mol. The molecule has 0 saturated carbocycles. The van der Waals surface area contributed by atoms with Gasteiger partial charge in [0.2, 0.25) is 0 Å². The summed E-state index contributed by atoms with van der Waals surface area (Å²) >= 11 is 6.32. The van der Waals surface area contributed by atoms with Gasteiger partial charge in [-0.2, -0.15) is 0 Å². The Balaban J connectivity index is 2.16. The molecule has 0 saturated heterocycles. The number of hydrogen-bond acceptors (Lipinski definition) is 3. The first-order valence-electron chi connectivity index (χ1n) is 7.46. The molecule has 0 amide bonds. The lowest BCUT2D eigenvalue weighted by atomic mass is 10.1. The van der Waals surface area contributed by atoms with E-state index < -0.39 is 0 Å². The van der Waals surface area contributed by atoms with Gasteiger partial charge in [-0.3, -0.25) is 0 Å². The van der Waals surface area contributed by atoms with E-state index >= 15 is 0 Å². The maximum absolute atomic E-state index is 6.32. The first kappa shape index (κ1) is 17.2. The summed E-state index contributed by atoms with van der Waals surface area (Å²) in [5.41, 5.74) is 4.60. The van der Waals surface area contributed by atoms with Crippen LogP contribution >= 0.6 is 11.6 Å². The number of nitrogens with one attached hydrogen (secondary N) is 1. The lowest BCUT2D eigenvalue weighted by molar-refractivity contribution is 0.326. The Morgan fingerprint density at radius 3 is 2.65 bits per heavy atom. The third kappa shape index (κ3) is 4.42. The summed E-state index contributed by atoms with van der Waals surface area (Å²) in [5.74, 6) is 1.17. The van der Waals surface area contributed by atoms with Gasteiger partial charge in [-0.1, -0.05) is 42.0 Å². The largest absolute Gasteiger partial charge is 0.493 e. The fourth-order valence-corrected chi connectivity index (χ4v) is 2.65. The molecule has 1 N–H and O–H groups in total. The lowest BCUT2D eigenvalue weighted by Crippen LogP contribution is -2.03. The molecule has 122 valence electrons. The highest BCUT2D eigenvalue weighted by Crippen LogP contribution is 2.36. The van der Waals surface area contributed by atoms with Crippen molar-refractivity contribution in [2.24, 2.45) is 0 Å². The van der Waals surface area contributed by atoms with E-state index in [4.69, 9.17) is 21.1 Å². The molecule has 0 aliphatic heterocycles. The van der Waals surface area contributed by atoms with Gasteiger partial charge in [0.05, 0.1) is 12.1 Å². The van der Waals surface area contributed by atoms with E-state index in [9.17, 15) is 0 Å². The highest BCUT2D eigenvalue weighted by Gasteiger charge is 2.12. The predicted octanol–water partition coefficient (Wildman–Crippen LogP) is 5.14. The molecule has 0 bridgehead atoms. The minimum absolute atomic E-state index is 0.385. The summed E-state index contributed by atoms with van der Waals surface area (Å²) in [5, 5.41) is 3.96. The van der Waals surface area contributed by atoms with E-state index in [1.54, 1.807) is 13.2 Å². The molecule has 0 unspecified atom stereocenters. The van der Waals surface area contributed by atoms with Gasteiger partial charge in [0.25, 0.3) is 0 Å². The van der Waals surface area contributed by atoms with Crippen LogP contribution in [0.3, 0.4) is 0 Å². The average Bonchev–Trinajstić information content (AvgIpc) is 2.52. The van der Waals surface area contributed by atoms with Gasteiger partial charge >= 0.3 is 0 Å². The lowest BCUT2D eigenvalue weighted by Gasteiger charge is -2.15. The van der Waals surface area contributed by atoms with Crippen LogP contribution in [0.25, 0.3) is 0 Å². The van der Waals surface area contributed by atoms with E-state index in [-0.39, 0.29) is 0 Å². The second-order valence-electron chi connectivity index (χ2n) is 5.38. The molecule has 0 atom stereocenters. The first-order chi connectivity index (χ1) is 11.0. The van der Waals surface area contributed by atoms with E-state index in [2.05, 4.69) is 43.9 Å². The standard InChI is InChI=1S/C19H22ClNO2/c1-5-8-23-19-16(20)10-15(11-18(19)22-4)12-21-17-7-6-13(2)9-14(17)3/h5-7,9-11,21H,1,8,12H2,2-4H3. The number of aryl methyl sites for hydroxylation is 2. The zero-order valence-electron chi connectivity index (χ0n) is 13.8. The summed E-state index contributed by atoms with van der Waals surface area (Å²) in [6.07, 6.45) is 1.67. The second kappa shape index (κ2) is 7.93. The molecule has 0 radical (unpaired) electrons. The van der Waals surface area contributed by atoms with Crippen molar-refractivity contribution >= 4 is 17.3 Å². The fourth-order valence-electron chi connectivity index (χ4n) is 2.37. The predicted molar refractivity (Wildman–Crippen MR) is 96.9 cm³/mol. The number of anilines is 1. The van der Waals surface area contributed by atoms with E-state index in [0.29, 0.717) is 29.7 Å². The summed E-state index contributed by atoms with van der Waals surface area (Å²) in [7, 11) is 1.60. The van der Waals surface area contributed by atoms with Crippen LogP contribution in [0.15, 0.2) is 43.0 Å². The summed E-state index contributed by atoms with van der Waals surface area (Å²) in [6.45, 7) is 8.86. The first-order valence-corrected chi connectivity index (χ1v) is 7.84. The van der Waals surface area contributed by atoms with Gasteiger partial charge in [0, 0.05) is 12.2 Å². The highest BCUT2D eigenvalue weighted by molar-refractivity contribution is 6.32. The Hall–Kier alpha value is -2.13. The molecule has 2 aromatic carbocycles. The molecular formula is C19H22ClNO2. The van der Waals surface area contributed by atoms with Crippen molar-refractivity contribution in [1.82, 2.24) is 0 Å². The molecule has 2 rings (SSSR count). The van der Waals surface area contributed by atoms with Crippen LogP contribution in [0.4, 0.5) is 5.69 Å². The van der Waals surface area contributed by atoms with Crippen LogP contribution in [0.2, 0.25) is 5.02 Å². The van der Waals surface area contributed by atoms with Gasteiger partial charge in [-0.25, -0.2) is 0 Å². The van der Waals surface area contributed by atoms with Crippen molar-refractivity contribution in [3.63, 3.8) is 0 Å². The maximum atomic E-state index is 6.32. The SMILES string of the molecule is C=CCOc1c(Cl)cc(CNc2ccc(C)cc2C)cc1OC. The molecule has 3 nitrogen and oxygen atoms in total. The maximum Gasteiger partial charge on any atom is 0.180 e. The molecule has 0 fully saturated rings. The van der Waals surface area contributed by atoms with E-state index in [1.165, 1.54) is 11.1 Å². The van der Waals surface area contributed by atoms with Crippen molar-refractivity contribution in [1.29, 1.82) is 0 Å². The van der Waals surface area contributed by atoms with Crippen LogP contribution in [0.1, 0.15) is 16.7 Å². The monoisotopic (exact) mass is 331 g/mol. The molecule has 0 aliphatic carbocycles. The Morgan fingerprint density at radius 2 is 2.00 bits per heavy atom. The number of ether oxygens (including phenoxy) is 2.